The minimum atomic E-state index is 0.262. The molecular formula is C27H42N8O. The Labute approximate surface area is 215 Å². The van der Waals surface area contributed by atoms with Crippen LogP contribution in [0.5, 0.6) is 0 Å². The molecule has 0 bridgehead atoms. The highest BCUT2D eigenvalue weighted by atomic mass is 16.2. The Bertz CT molecular complexity index is 1010. The van der Waals surface area contributed by atoms with Gasteiger partial charge in [0, 0.05) is 69.4 Å². The zero-order valence-electron chi connectivity index (χ0n) is 22.0. The number of nitrogens with one attached hydrogen (secondary N) is 2. The van der Waals surface area contributed by atoms with Crippen LogP contribution in [-0.2, 0) is 11.2 Å². The number of anilines is 3. The molecule has 2 N–H and O–H groups in total. The van der Waals surface area contributed by atoms with Crippen molar-refractivity contribution < 1.29 is 4.79 Å². The highest BCUT2D eigenvalue weighted by molar-refractivity contribution is 5.79. The van der Waals surface area contributed by atoms with Gasteiger partial charge in [0.2, 0.25) is 5.91 Å². The van der Waals surface area contributed by atoms with Crippen LogP contribution >= 0.6 is 0 Å². The minimum Gasteiger partial charge on any atom is -0.354 e. The number of carbonyl (C=O) groups is 1. The molecule has 2 saturated heterocycles. The molecule has 0 radical (unpaired) electrons. The third-order valence-electron chi connectivity index (χ3n) is 8.13. The van der Waals surface area contributed by atoms with Crippen molar-refractivity contribution >= 4 is 23.4 Å². The molecule has 0 aromatic carbocycles. The standard InChI is InChI=1S/C27H42N8O/c1-20-17-25(32-31-20)29-24-19-26(34-15-13-33(2)14-16-34)30-23(28-24)18-21-7-6-11-35(12-10-21)27(36)22-8-4-3-5-9-22/h17,19,21-22H,3-16,18H2,1-2H3,(H2,28,29,30,31,32)/t21-/m1/s1. The highest BCUT2D eigenvalue weighted by Gasteiger charge is 2.28. The van der Waals surface area contributed by atoms with Crippen molar-refractivity contribution in [3.63, 3.8) is 0 Å². The smallest absolute Gasteiger partial charge is 0.225 e. The normalized spacial score (nSPS) is 22.4. The van der Waals surface area contributed by atoms with E-state index in [4.69, 9.17) is 9.97 Å². The van der Waals surface area contributed by atoms with E-state index >= 15 is 0 Å². The van der Waals surface area contributed by atoms with Crippen molar-refractivity contribution in [2.75, 3.05) is 56.5 Å². The van der Waals surface area contributed by atoms with Gasteiger partial charge in [-0.2, -0.15) is 5.10 Å². The van der Waals surface area contributed by atoms with E-state index in [0.717, 1.165) is 107 Å². The van der Waals surface area contributed by atoms with Gasteiger partial charge in [-0.3, -0.25) is 9.89 Å². The van der Waals surface area contributed by atoms with Crippen LogP contribution in [0.4, 0.5) is 17.5 Å². The number of rotatable bonds is 6. The fraction of sp³-hybridized carbons (Fsp3) is 0.704. The summed E-state index contributed by atoms with van der Waals surface area (Å²) in [7, 11) is 2.17. The van der Waals surface area contributed by atoms with E-state index in [1.165, 1.54) is 19.3 Å². The topological polar surface area (TPSA) is 93.3 Å². The lowest BCUT2D eigenvalue weighted by molar-refractivity contribution is -0.136. The van der Waals surface area contributed by atoms with Crippen molar-refractivity contribution in [3.8, 4) is 0 Å². The largest absolute Gasteiger partial charge is 0.354 e. The molecule has 0 spiro atoms. The lowest BCUT2D eigenvalue weighted by atomic mass is 9.88. The van der Waals surface area contributed by atoms with Gasteiger partial charge in [0.25, 0.3) is 0 Å². The molecule has 1 amide bonds. The number of aryl methyl sites for hydroxylation is 1. The number of likely N-dealkylation sites (tertiary alicyclic amines) is 1. The van der Waals surface area contributed by atoms with Gasteiger partial charge in [-0.25, -0.2) is 9.97 Å². The number of carbonyl (C=O) groups excluding carboxylic acids is 1. The average molecular weight is 495 g/mol. The number of hydrogen-bond acceptors (Lipinski definition) is 7. The average Bonchev–Trinajstić information content (AvgIpc) is 3.15. The maximum Gasteiger partial charge on any atom is 0.225 e. The third-order valence-corrected chi connectivity index (χ3v) is 8.13. The van der Waals surface area contributed by atoms with Gasteiger partial charge in [0.1, 0.15) is 17.5 Å². The summed E-state index contributed by atoms with van der Waals surface area (Å²) < 4.78 is 0. The summed E-state index contributed by atoms with van der Waals surface area (Å²) in [5.41, 5.74) is 1.01. The van der Waals surface area contributed by atoms with E-state index in [-0.39, 0.29) is 5.92 Å². The summed E-state index contributed by atoms with van der Waals surface area (Å²) in [4.78, 5) is 29.9. The van der Waals surface area contributed by atoms with Crippen LogP contribution in [0.2, 0.25) is 0 Å². The van der Waals surface area contributed by atoms with E-state index in [1.54, 1.807) is 0 Å². The zero-order chi connectivity index (χ0) is 24.9. The molecule has 9 heteroatoms. The Hall–Kier alpha value is -2.68. The molecule has 5 rings (SSSR count). The Morgan fingerprint density at radius 2 is 1.75 bits per heavy atom. The number of piperazine rings is 1. The summed E-state index contributed by atoms with van der Waals surface area (Å²) in [5, 5.41) is 10.7. The van der Waals surface area contributed by atoms with E-state index in [0.29, 0.717) is 11.8 Å². The first-order valence-corrected chi connectivity index (χ1v) is 13.9. The molecule has 4 heterocycles. The van der Waals surface area contributed by atoms with E-state index < -0.39 is 0 Å². The SMILES string of the molecule is Cc1cc(Nc2cc(N3CCN(C)CC3)nc(C[C@@H]3CCCN(C(=O)C4CCCCC4)CC3)n2)n[nH]1. The van der Waals surface area contributed by atoms with Gasteiger partial charge in [0.05, 0.1) is 0 Å². The molecule has 1 aliphatic carbocycles. The van der Waals surface area contributed by atoms with Crippen LogP contribution in [0.1, 0.15) is 62.9 Å². The summed E-state index contributed by atoms with van der Waals surface area (Å²) in [6.07, 6.45) is 9.94. The minimum absolute atomic E-state index is 0.262. The van der Waals surface area contributed by atoms with E-state index in [2.05, 4.69) is 43.3 Å². The Morgan fingerprint density at radius 1 is 0.944 bits per heavy atom. The summed E-state index contributed by atoms with van der Waals surface area (Å²) in [5.74, 6) is 4.61. The van der Waals surface area contributed by atoms with Crippen molar-refractivity contribution in [1.29, 1.82) is 0 Å². The number of likely N-dealkylation sites (N-methyl/N-ethyl adjacent to an activating group) is 1. The predicted molar refractivity (Wildman–Crippen MR) is 143 cm³/mol. The first-order chi connectivity index (χ1) is 17.5. The van der Waals surface area contributed by atoms with Gasteiger partial charge in [0.15, 0.2) is 5.82 Å². The van der Waals surface area contributed by atoms with Crippen LogP contribution in [0.25, 0.3) is 0 Å². The second kappa shape index (κ2) is 11.6. The lowest BCUT2D eigenvalue weighted by Crippen LogP contribution is -2.45. The molecule has 1 atom stereocenters. The van der Waals surface area contributed by atoms with E-state index in [1.807, 2.05) is 13.0 Å². The third kappa shape index (κ3) is 6.35. The van der Waals surface area contributed by atoms with Crippen molar-refractivity contribution in [2.24, 2.45) is 11.8 Å². The fourth-order valence-electron chi connectivity index (χ4n) is 5.91. The molecule has 36 heavy (non-hydrogen) atoms. The highest BCUT2D eigenvalue weighted by Crippen LogP contribution is 2.29. The van der Waals surface area contributed by atoms with Gasteiger partial charge in [-0.05, 0) is 52.0 Å². The predicted octanol–water partition coefficient (Wildman–Crippen LogP) is 3.76. The van der Waals surface area contributed by atoms with E-state index in [9.17, 15) is 4.79 Å². The summed E-state index contributed by atoms with van der Waals surface area (Å²) in [6.45, 7) is 7.77. The number of aromatic nitrogens is 4. The Kier molecular flexibility index (Phi) is 8.04. The second-order valence-electron chi connectivity index (χ2n) is 11.0. The maximum absolute atomic E-state index is 13.1. The first kappa shape index (κ1) is 25.0. The molecule has 2 aromatic rings. The molecule has 9 nitrogen and oxygen atoms in total. The first-order valence-electron chi connectivity index (χ1n) is 13.9. The molecule has 3 aliphatic rings. The Morgan fingerprint density at radius 3 is 2.50 bits per heavy atom. The van der Waals surface area contributed by atoms with Crippen molar-refractivity contribution in [3.05, 3.63) is 23.7 Å². The number of amides is 1. The van der Waals surface area contributed by atoms with Crippen LogP contribution in [0, 0.1) is 18.8 Å². The second-order valence-corrected chi connectivity index (χ2v) is 11.0. The van der Waals surface area contributed by atoms with Crippen molar-refractivity contribution in [2.45, 2.75) is 64.7 Å². The van der Waals surface area contributed by atoms with Gasteiger partial charge in [-0.1, -0.05) is 19.3 Å². The monoisotopic (exact) mass is 494 g/mol. The quantitative estimate of drug-likeness (QED) is 0.632. The molecule has 3 fully saturated rings. The van der Waals surface area contributed by atoms with Crippen LogP contribution < -0.4 is 10.2 Å². The molecule has 2 aliphatic heterocycles. The maximum atomic E-state index is 13.1. The number of hydrogen-bond donors (Lipinski definition) is 2. The molecule has 2 aromatic heterocycles. The van der Waals surface area contributed by atoms with Crippen molar-refractivity contribution in [1.82, 2.24) is 30.0 Å². The number of aromatic amines is 1. The van der Waals surface area contributed by atoms with Gasteiger partial charge in [-0.15, -0.1) is 0 Å². The molecular weight excluding hydrogens is 452 g/mol. The number of H-pyrrole nitrogens is 1. The lowest BCUT2D eigenvalue weighted by Gasteiger charge is -2.33. The van der Waals surface area contributed by atoms with Crippen LogP contribution in [0.15, 0.2) is 12.1 Å². The Balaban J connectivity index is 1.27. The fourth-order valence-corrected chi connectivity index (χ4v) is 5.91. The number of nitrogens with zero attached hydrogens (tertiary/aromatic N) is 6. The summed E-state index contributed by atoms with van der Waals surface area (Å²) in [6, 6.07) is 4.04. The summed E-state index contributed by atoms with van der Waals surface area (Å²) >= 11 is 0. The molecule has 0 unspecified atom stereocenters. The zero-order valence-corrected chi connectivity index (χ0v) is 22.0. The molecule has 196 valence electrons. The van der Waals surface area contributed by atoms with Gasteiger partial charge >= 0.3 is 0 Å². The van der Waals surface area contributed by atoms with Crippen LogP contribution in [-0.4, -0.2) is 82.2 Å². The van der Waals surface area contributed by atoms with Gasteiger partial charge < -0.3 is 20.0 Å². The molecule has 1 saturated carbocycles. The van der Waals surface area contributed by atoms with Crippen LogP contribution in [0.3, 0.4) is 0 Å².